The molecular weight excluding hydrogens is 454 g/mol. The molecular formula is C24H23N5O6. The quantitative estimate of drug-likeness (QED) is 0.366. The molecule has 1 aromatic heterocycles. The van der Waals surface area contributed by atoms with E-state index < -0.39 is 15.5 Å². The summed E-state index contributed by atoms with van der Waals surface area (Å²) >= 11 is 0. The summed E-state index contributed by atoms with van der Waals surface area (Å²) in [5, 5.41) is 29.6. The Morgan fingerprint density at radius 1 is 1.06 bits per heavy atom. The second kappa shape index (κ2) is 9.75. The lowest BCUT2D eigenvalue weighted by molar-refractivity contribution is -0.393. The van der Waals surface area contributed by atoms with Crippen LogP contribution in [0.25, 0.3) is 0 Å². The number of furan rings is 1. The molecule has 0 radical (unpaired) electrons. The van der Waals surface area contributed by atoms with Crippen molar-refractivity contribution in [2.24, 2.45) is 5.10 Å². The monoisotopic (exact) mass is 477 g/mol. The molecule has 11 heteroatoms. The van der Waals surface area contributed by atoms with E-state index >= 15 is 0 Å². The zero-order chi connectivity index (χ0) is 25.1. The second-order valence-corrected chi connectivity index (χ2v) is 8.26. The van der Waals surface area contributed by atoms with Crippen LogP contribution in [0.5, 0.6) is 0 Å². The van der Waals surface area contributed by atoms with E-state index in [9.17, 15) is 25.0 Å². The fourth-order valence-electron chi connectivity index (χ4n) is 3.97. The molecule has 0 spiro atoms. The maximum Gasteiger partial charge on any atom is 0.301 e. The van der Waals surface area contributed by atoms with Crippen LogP contribution < -0.4 is 10.7 Å². The van der Waals surface area contributed by atoms with Gasteiger partial charge in [-0.15, -0.1) is 0 Å². The average Bonchev–Trinajstić information content (AvgIpc) is 3.19. The van der Waals surface area contributed by atoms with Crippen LogP contribution in [0.2, 0.25) is 0 Å². The average molecular weight is 477 g/mol. The van der Waals surface area contributed by atoms with Crippen LogP contribution in [0, 0.1) is 34.1 Å². The number of non-ortho nitro benzene ring substituents is 1. The molecule has 1 aliphatic carbocycles. The van der Waals surface area contributed by atoms with Crippen LogP contribution >= 0.6 is 0 Å². The van der Waals surface area contributed by atoms with Crippen LogP contribution in [0.1, 0.15) is 51.4 Å². The van der Waals surface area contributed by atoms with E-state index in [-0.39, 0.29) is 23.0 Å². The fraction of sp³-hybridized carbons (Fsp3) is 0.250. The first-order chi connectivity index (χ1) is 16.7. The molecule has 0 fully saturated rings. The number of hydrogen-bond acceptors (Lipinski definition) is 8. The Balaban J connectivity index is 1.56. The molecule has 1 aliphatic rings. The number of carbonyl (C=O) groups excluding carboxylic acids is 1. The number of hydrazone groups is 1. The molecule has 0 saturated carbocycles. The molecule has 3 aromatic rings. The number of anilines is 1. The van der Waals surface area contributed by atoms with Crippen LogP contribution in [-0.4, -0.2) is 21.5 Å². The van der Waals surface area contributed by atoms with Crippen molar-refractivity contribution >= 4 is 28.7 Å². The minimum atomic E-state index is -0.707. The van der Waals surface area contributed by atoms with Crippen molar-refractivity contribution in [3.63, 3.8) is 0 Å². The minimum Gasteiger partial charge on any atom is -0.455 e. The van der Waals surface area contributed by atoms with Gasteiger partial charge in [0.15, 0.2) is 5.76 Å². The van der Waals surface area contributed by atoms with Gasteiger partial charge >= 0.3 is 5.69 Å². The summed E-state index contributed by atoms with van der Waals surface area (Å²) in [6.07, 6.45) is 1.94. The molecule has 2 N–H and O–H groups in total. The highest BCUT2D eigenvalue weighted by atomic mass is 16.6. The Labute approximate surface area is 200 Å². The van der Waals surface area contributed by atoms with Gasteiger partial charge < -0.3 is 9.73 Å². The molecule has 0 saturated heterocycles. The lowest BCUT2D eigenvalue weighted by atomic mass is 9.93. The van der Waals surface area contributed by atoms with Crippen LogP contribution in [-0.2, 0) is 13.0 Å². The smallest absolute Gasteiger partial charge is 0.301 e. The number of nitrogens with one attached hydrogen (secondary N) is 2. The van der Waals surface area contributed by atoms with Gasteiger partial charge in [0, 0.05) is 30.2 Å². The van der Waals surface area contributed by atoms with Gasteiger partial charge in [0.1, 0.15) is 11.4 Å². The van der Waals surface area contributed by atoms with Crippen molar-refractivity contribution in [1.82, 2.24) is 5.32 Å². The molecule has 0 bridgehead atoms. The van der Waals surface area contributed by atoms with Crippen LogP contribution in [0.4, 0.5) is 17.1 Å². The van der Waals surface area contributed by atoms with E-state index in [0.717, 1.165) is 23.6 Å². The summed E-state index contributed by atoms with van der Waals surface area (Å²) in [6.45, 7) is 4.13. The van der Waals surface area contributed by atoms with Gasteiger partial charge in [0.25, 0.3) is 11.6 Å². The molecule has 1 amide bonds. The van der Waals surface area contributed by atoms with Crippen LogP contribution in [0.15, 0.2) is 52.0 Å². The number of aryl methyl sites for hydroxylation is 2. The highest BCUT2D eigenvalue weighted by molar-refractivity contribution is 6.06. The van der Waals surface area contributed by atoms with Gasteiger partial charge in [-0.2, -0.15) is 5.10 Å². The van der Waals surface area contributed by atoms with E-state index in [1.165, 1.54) is 12.1 Å². The summed E-state index contributed by atoms with van der Waals surface area (Å²) in [7, 11) is 0. The zero-order valence-corrected chi connectivity index (χ0v) is 19.2. The number of hydrogen-bond donors (Lipinski definition) is 2. The predicted molar refractivity (Wildman–Crippen MR) is 129 cm³/mol. The number of fused-ring (bicyclic) bond motifs is 1. The standard InChI is InChI=1S/C24H23N5O6/c1-14-6-8-16(9-7-14)13-25-24(30)23-15(2)22-19(4-3-5-21(22)35-23)27-26-18-11-10-17(28(31)32)12-20(18)29(33)34/h6-12,26H,3-5,13H2,1-2H3,(H,25,30)/b27-19+. The van der Waals surface area contributed by atoms with Gasteiger partial charge in [-0.25, -0.2) is 0 Å². The van der Waals surface area contributed by atoms with Crippen molar-refractivity contribution in [2.75, 3.05) is 5.43 Å². The van der Waals surface area contributed by atoms with Crippen molar-refractivity contribution in [3.05, 3.63) is 96.5 Å². The number of nitrogens with zero attached hydrogens (tertiary/aromatic N) is 3. The number of benzene rings is 2. The number of rotatable bonds is 7. The summed E-state index contributed by atoms with van der Waals surface area (Å²) in [4.78, 5) is 33.8. The van der Waals surface area contributed by atoms with Gasteiger partial charge in [-0.05, 0) is 38.3 Å². The minimum absolute atomic E-state index is 0.0254. The molecule has 11 nitrogen and oxygen atoms in total. The van der Waals surface area contributed by atoms with Crippen molar-refractivity contribution < 1.29 is 19.1 Å². The molecule has 2 aromatic carbocycles. The Kier molecular flexibility index (Phi) is 6.58. The van der Waals surface area contributed by atoms with Crippen molar-refractivity contribution in [3.8, 4) is 0 Å². The van der Waals surface area contributed by atoms with E-state index in [2.05, 4.69) is 15.8 Å². The van der Waals surface area contributed by atoms with Gasteiger partial charge in [0.05, 0.1) is 21.6 Å². The van der Waals surface area contributed by atoms with E-state index in [4.69, 9.17) is 4.42 Å². The third-order valence-electron chi connectivity index (χ3n) is 5.81. The SMILES string of the molecule is Cc1ccc(CNC(=O)c2oc3c(c2C)/C(=N/Nc2ccc([N+](=O)[O-])cc2[N+](=O)[O-])CCC3)cc1. The molecule has 1 heterocycles. The first kappa shape index (κ1) is 23.6. The molecule has 180 valence electrons. The van der Waals surface area contributed by atoms with Crippen molar-refractivity contribution in [1.29, 1.82) is 0 Å². The first-order valence-electron chi connectivity index (χ1n) is 11.0. The zero-order valence-electron chi connectivity index (χ0n) is 19.2. The normalized spacial score (nSPS) is 13.8. The number of carbonyl (C=O) groups is 1. The van der Waals surface area contributed by atoms with Crippen molar-refractivity contribution in [2.45, 2.75) is 39.7 Å². The Bertz CT molecular complexity index is 1340. The van der Waals surface area contributed by atoms with Crippen LogP contribution in [0.3, 0.4) is 0 Å². The lowest BCUT2D eigenvalue weighted by Crippen LogP contribution is -2.23. The maximum absolute atomic E-state index is 12.8. The fourth-order valence-corrected chi connectivity index (χ4v) is 3.97. The van der Waals surface area contributed by atoms with Gasteiger partial charge in [-0.1, -0.05) is 29.8 Å². The molecule has 4 rings (SSSR count). The van der Waals surface area contributed by atoms with E-state index in [1.54, 1.807) is 6.92 Å². The van der Waals surface area contributed by atoms with Gasteiger partial charge in [-0.3, -0.25) is 30.4 Å². The topological polar surface area (TPSA) is 153 Å². The Morgan fingerprint density at radius 2 is 1.80 bits per heavy atom. The number of nitro groups is 2. The molecule has 0 atom stereocenters. The Hall–Kier alpha value is -4.54. The lowest BCUT2D eigenvalue weighted by Gasteiger charge is -2.13. The molecule has 35 heavy (non-hydrogen) atoms. The molecule has 0 unspecified atom stereocenters. The number of nitro benzene ring substituents is 2. The third kappa shape index (κ3) is 5.03. The first-order valence-corrected chi connectivity index (χ1v) is 11.0. The maximum atomic E-state index is 12.8. The summed E-state index contributed by atoms with van der Waals surface area (Å²) in [5.74, 6) is 0.502. The predicted octanol–water partition coefficient (Wildman–Crippen LogP) is 4.80. The summed E-state index contributed by atoms with van der Waals surface area (Å²) < 4.78 is 5.89. The number of amides is 1. The third-order valence-corrected chi connectivity index (χ3v) is 5.81. The summed E-state index contributed by atoms with van der Waals surface area (Å²) in [6, 6.07) is 11.1. The largest absolute Gasteiger partial charge is 0.455 e. The van der Waals surface area contributed by atoms with E-state index in [0.29, 0.717) is 42.0 Å². The molecule has 0 aliphatic heterocycles. The highest BCUT2D eigenvalue weighted by Gasteiger charge is 2.28. The van der Waals surface area contributed by atoms with Gasteiger partial charge in [0.2, 0.25) is 0 Å². The highest BCUT2D eigenvalue weighted by Crippen LogP contribution is 2.32. The van der Waals surface area contributed by atoms with E-state index in [1.807, 2.05) is 31.2 Å². The Morgan fingerprint density at radius 3 is 2.49 bits per heavy atom. The second-order valence-electron chi connectivity index (χ2n) is 8.26. The summed E-state index contributed by atoms with van der Waals surface area (Å²) in [5.41, 5.74) is 5.89.